The number of para-hydroxylation sites is 1. The molecule has 0 radical (unpaired) electrons. The van der Waals surface area contributed by atoms with E-state index in [9.17, 15) is 0 Å². The molecule has 11 aromatic carbocycles. The maximum Gasteiger partial charge on any atom is 0.0714 e. The molecule has 0 atom stereocenters. The van der Waals surface area contributed by atoms with Gasteiger partial charge in [-0.15, -0.1) is 0 Å². The lowest BCUT2D eigenvalue weighted by atomic mass is 9.67. The summed E-state index contributed by atoms with van der Waals surface area (Å²) < 4.78 is 2.47. The van der Waals surface area contributed by atoms with Crippen LogP contribution in [0.15, 0.2) is 298 Å². The predicted octanol–water partition coefficient (Wildman–Crippen LogP) is 18.5. The van der Waals surface area contributed by atoms with E-state index in [0.717, 1.165) is 39.3 Å². The van der Waals surface area contributed by atoms with Crippen LogP contribution in [-0.2, 0) is 10.8 Å². The first-order valence-electron chi connectivity index (χ1n) is 26.8. The summed E-state index contributed by atoms with van der Waals surface area (Å²) in [5, 5.41) is 2.44. The summed E-state index contributed by atoms with van der Waals surface area (Å²) in [5.74, 6) is 0. The average Bonchev–Trinajstić information content (AvgIpc) is 4.14. The summed E-state index contributed by atoms with van der Waals surface area (Å²) in [6, 6.07) is 99.4. The fraction of sp³-hybridized carbons (Fsp3) is 0.0400. The third-order valence-electron chi connectivity index (χ3n) is 16.9. The monoisotopic (exact) mass is 980 g/mol. The fourth-order valence-corrected chi connectivity index (χ4v) is 13.7. The summed E-state index contributed by atoms with van der Waals surface area (Å²) in [6.45, 7) is 5.40. The number of fused-ring (bicyclic) bond motifs is 10. The molecular weight excluding hydrogens is 929 g/mol. The number of rotatable bonds is 7. The van der Waals surface area contributed by atoms with Crippen molar-refractivity contribution in [3.63, 3.8) is 0 Å². The molecule has 2 aliphatic carbocycles. The Kier molecular flexibility index (Phi) is 10.3. The lowest BCUT2D eigenvalue weighted by Crippen LogP contribution is -2.29. The van der Waals surface area contributed by atoms with E-state index in [4.69, 9.17) is 6.58 Å². The molecule has 15 rings (SSSR count). The molecule has 77 heavy (non-hydrogen) atoms. The quantitative estimate of drug-likeness (QED) is 0.154. The molecule has 0 saturated carbocycles. The lowest BCUT2D eigenvalue weighted by molar-refractivity contribution is 0.767. The third-order valence-corrected chi connectivity index (χ3v) is 16.9. The number of anilines is 2. The Hall–Kier alpha value is -9.76. The van der Waals surface area contributed by atoms with E-state index < -0.39 is 10.8 Å². The van der Waals surface area contributed by atoms with Crippen molar-refractivity contribution in [2.45, 2.75) is 10.8 Å². The van der Waals surface area contributed by atoms with Crippen molar-refractivity contribution in [3.8, 4) is 39.1 Å². The van der Waals surface area contributed by atoms with Gasteiger partial charge in [-0.05, 0) is 138 Å². The van der Waals surface area contributed by atoms with E-state index in [1.54, 1.807) is 0 Å². The van der Waals surface area contributed by atoms with Crippen molar-refractivity contribution in [3.05, 3.63) is 348 Å². The van der Waals surface area contributed by atoms with Gasteiger partial charge in [0.2, 0.25) is 0 Å². The van der Waals surface area contributed by atoms with Crippen molar-refractivity contribution in [1.29, 1.82) is 0 Å². The van der Waals surface area contributed by atoms with Gasteiger partial charge in [0.05, 0.1) is 21.9 Å². The Morgan fingerprint density at radius 3 is 1.40 bits per heavy atom. The van der Waals surface area contributed by atoms with Gasteiger partial charge in [-0.1, -0.05) is 243 Å². The molecule has 3 aliphatic rings. The smallest absolute Gasteiger partial charge is 0.0714 e. The molecule has 0 fully saturated rings. The largest absolute Gasteiger partial charge is 0.337 e. The van der Waals surface area contributed by atoms with Crippen molar-refractivity contribution in [2.24, 2.45) is 0 Å². The molecule has 12 aromatic rings. The van der Waals surface area contributed by atoms with E-state index in [1.807, 2.05) is 0 Å². The number of allylic oxidation sites excluding steroid dienone is 4. The van der Waals surface area contributed by atoms with Crippen molar-refractivity contribution in [2.75, 3.05) is 11.4 Å². The zero-order valence-electron chi connectivity index (χ0n) is 42.5. The minimum Gasteiger partial charge on any atom is -0.337 e. The van der Waals surface area contributed by atoms with Gasteiger partial charge in [-0.2, -0.15) is 0 Å². The van der Waals surface area contributed by atoms with Gasteiger partial charge in [0.15, 0.2) is 0 Å². The molecule has 0 amide bonds. The van der Waals surface area contributed by atoms with Crippen LogP contribution in [-0.4, -0.2) is 11.1 Å². The van der Waals surface area contributed by atoms with E-state index in [0.29, 0.717) is 6.54 Å². The van der Waals surface area contributed by atoms with Crippen LogP contribution in [0.3, 0.4) is 0 Å². The molecule has 0 unspecified atom stereocenters. The number of hydrogen-bond donors (Lipinski definition) is 0. The van der Waals surface area contributed by atoms with Gasteiger partial charge in [-0.3, -0.25) is 0 Å². The summed E-state index contributed by atoms with van der Waals surface area (Å²) in [4.78, 5) is 2.47. The first-order chi connectivity index (χ1) is 38.1. The first kappa shape index (κ1) is 44.7. The highest BCUT2D eigenvalue weighted by atomic mass is 15.1. The standard InChI is InChI=1S/C75H52N2/c1-51-23-7-6-22-46-76(58-40-42-62-60-32-16-19-35-67(60)74(69(62)49-58,54-24-8-2-9-25-54)55-26-10-3-11-27-55)71-44-38-52(47-65(51)71)53-39-45-73-66(48-53)64-34-18-21-37-72(64)77(73)59-41-43-63-61-33-17-20-36-68(61)75(70(63)50-59,56-28-12-4-13-29-56)57-30-14-5-15-31-57/h2-45,47-50H,1,46H2/b22-6-,23-7-. The second kappa shape index (κ2) is 17.7. The topological polar surface area (TPSA) is 8.17 Å². The summed E-state index contributed by atoms with van der Waals surface area (Å²) in [7, 11) is 0. The molecule has 0 bridgehead atoms. The summed E-state index contributed by atoms with van der Waals surface area (Å²) in [6.07, 6.45) is 8.68. The van der Waals surface area contributed by atoms with Gasteiger partial charge < -0.3 is 9.47 Å². The molecular formula is C75H52N2. The highest BCUT2D eigenvalue weighted by Crippen LogP contribution is 2.59. The molecule has 0 saturated heterocycles. The molecule has 1 aliphatic heterocycles. The van der Waals surface area contributed by atoms with Crippen LogP contribution in [0, 0.1) is 0 Å². The number of nitrogens with zero attached hydrogens (tertiary/aromatic N) is 2. The minimum atomic E-state index is -0.499. The van der Waals surface area contributed by atoms with Crippen LogP contribution >= 0.6 is 0 Å². The Labute approximate surface area is 450 Å². The van der Waals surface area contributed by atoms with Crippen molar-refractivity contribution < 1.29 is 0 Å². The highest BCUT2D eigenvalue weighted by molar-refractivity contribution is 6.11. The molecule has 2 nitrogen and oxygen atoms in total. The second-order valence-corrected chi connectivity index (χ2v) is 20.8. The van der Waals surface area contributed by atoms with Crippen LogP contribution in [0.2, 0.25) is 0 Å². The third kappa shape index (κ3) is 6.62. The van der Waals surface area contributed by atoms with Gasteiger partial charge >= 0.3 is 0 Å². The highest BCUT2D eigenvalue weighted by Gasteiger charge is 2.48. The molecule has 1 aromatic heterocycles. The Balaban J connectivity index is 0.865. The van der Waals surface area contributed by atoms with Crippen LogP contribution in [0.4, 0.5) is 11.4 Å². The summed E-state index contributed by atoms with van der Waals surface area (Å²) >= 11 is 0. The molecule has 2 heterocycles. The van der Waals surface area contributed by atoms with Crippen LogP contribution in [0.1, 0.15) is 50.1 Å². The zero-order valence-corrected chi connectivity index (χ0v) is 42.5. The van der Waals surface area contributed by atoms with Crippen LogP contribution in [0.5, 0.6) is 0 Å². The van der Waals surface area contributed by atoms with E-state index in [1.165, 1.54) is 88.6 Å². The Morgan fingerprint density at radius 2 is 0.805 bits per heavy atom. The van der Waals surface area contributed by atoms with Crippen molar-refractivity contribution in [1.82, 2.24) is 4.57 Å². The maximum atomic E-state index is 4.71. The van der Waals surface area contributed by atoms with Crippen molar-refractivity contribution >= 4 is 38.8 Å². The van der Waals surface area contributed by atoms with E-state index >= 15 is 0 Å². The zero-order chi connectivity index (χ0) is 51.1. The van der Waals surface area contributed by atoms with Gasteiger partial charge in [0.1, 0.15) is 0 Å². The molecule has 0 spiro atoms. The van der Waals surface area contributed by atoms with E-state index in [2.05, 4.69) is 301 Å². The van der Waals surface area contributed by atoms with Gasteiger partial charge in [0.25, 0.3) is 0 Å². The first-order valence-corrected chi connectivity index (χ1v) is 26.8. The van der Waals surface area contributed by atoms with Gasteiger partial charge in [0, 0.05) is 39.9 Å². The minimum absolute atomic E-state index is 0.494. The summed E-state index contributed by atoms with van der Waals surface area (Å²) in [5.41, 5.74) is 24.5. The SMILES string of the molecule is C=C1/C=C\C=C/CN(c2ccc3c(c2)C(c2ccccc2)(c2ccccc2)c2ccccc2-3)c2ccc(-c3ccc4c(c3)c3ccccc3n4-c3ccc4c(c3)C(c3ccccc3)(c3ccccc3)c3ccccc3-4)cc21. The predicted molar refractivity (Wildman–Crippen MR) is 322 cm³/mol. The molecule has 0 N–H and O–H groups in total. The van der Waals surface area contributed by atoms with E-state index in [-0.39, 0.29) is 0 Å². The second-order valence-electron chi connectivity index (χ2n) is 20.8. The maximum absolute atomic E-state index is 4.71. The average molecular weight is 981 g/mol. The Morgan fingerprint density at radius 1 is 0.338 bits per heavy atom. The fourth-order valence-electron chi connectivity index (χ4n) is 13.7. The number of benzene rings is 11. The normalized spacial score (nSPS) is 15.4. The lowest BCUT2D eigenvalue weighted by Gasteiger charge is -2.35. The van der Waals surface area contributed by atoms with Crippen LogP contribution < -0.4 is 4.90 Å². The Bertz CT molecular complexity index is 4290. The van der Waals surface area contributed by atoms with Crippen LogP contribution in [0.25, 0.3) is 66.4 Å². The number of hydrogen-bond acceptors (Lipinski definition) is 1. The van der Waals surface area contributed by atoms with Gasteiger partial charge in [-0.25, -0.2) is 0 Å². The number of aromatic nitrogens is 1. The molecule has 362 valence electrons. The molecule has 2 heteroatoms.